The second kappa shape index (κ2) is 20.6. The van der Waals surface area contributed by atoms with Crippen molar-refractivity contribution in [1.29, 1.82) is 0 Å². The Labute approximate surface area is 375 Å². The number of aromatic nitrogens is 4. The number of nitrogens with zero attached hydrogens (tertiary/aromatic N) is 7. The third-order valence-electron chi connectivity index (χ3n) is 12.6. The number of amides is 4. The number of morpholine rings is 1. The lowest BCUT2D eigenvalue weighted by Crippen LogP contribution is -2.47. The van der Waals surface area contributed by atoms with Crippen LogP contribution in [0, 0.1) is 11.6 Å². The van der Waals surface area contributed by atoms with E-state index in [1.165, 1.54) is 12.1 Å². The van der Waals surface area contributed by atoms with Gasteiger partial charge in [-0.1, -0.05) is 31.4 Å². The first-order chi connectivity index (χ1) is 31.6. The number of benzene rings is 3. The van der Waals surface area contributed by atoms with E-state index in [0.29, 0.717) is 92.2 Å². The van der Waals surface area contributed by atoms with Crippen molar-refractivity contribution < 1.29 is 37.5 Å². The summed E-state index contributed by atoms with van der Waals surface area (Å²) in [6, 6.07) is 12.0. The van der Waals surface area contributed by atoms with Gasteiger partial charge in [0, 0.05) is 80.7 Å². The molecule has 340 valence electrons. The van der Waals surface area contributed by atoms with Gasteiger partial charge in [-0.3, -0.25) is 38.6 Å². The van der Waals surface area contributed by atoms with Gasteiger partial charge in [-0.15, -0.1) is 0 Å². The maximum Gasteiger partial charge on any atom is 0.262 e. The number of carbonyl (C=O) groups excluding carboxylic acids is 5. The number of anilines is 1. The molecule has 17 heteroatoms. The maximum absolute atomic E-state index is 15.4. The first kappa shape index (κ1) is 45.1. The number of piperidine rings is 1. The van der Waals surface area contributed by atoms with Crippen molar-refractivity contribution in [3.63, 3.8) is 0 Å². The smallest absolute Gasteiger partial charge is 0.262 e. The summed E-state index contributed by atoms with van der Waals surface area (Å²) >= 11 is 0. The summed E-state index contributed by atoms with van der Waals surface area (Å²) in [5.41, 5.74) is 10.1. The van der Waals surface area contributed by atoms with Crippen LogP contribution in [0.4, 0.5) is 14.5 Å². The van der Waals surface area contributed by atoms with Crippen LogP contribution in [-0.4, -0.2) is 116 Å². The molecule has 1 unspecified atom stereocenters. The predicted octanol–water partition coefficient (Wildman–Crippen LogP) is 6.32. The number of nitrogens with one attached hydrogen (secondary N) is 1. The molecule has 0 aliphatic carbocycles. The second-order valence-electron chi connectivity index (χ2n) is 16.9. The van der Waals surface area contributed by atoms with Crippen LogP contribution < -0.4 is 11.1 Å². The average molecular weight is 890 g/mol. The Morgan fingerprint density at radius 2 is 1.62 bits per heavy atom. The van der Waals surface area contributed by atoms with Crippen LogP contribution in [0.1, 0.15) is 96.5 Å². The lowest BCUT2D eigenvalue weighted by atomic mass is 10.0. The molecule has 65 heavy (non-hydrogen) atoms. The fourth-order valence-corrected chi connectivity index (χ4v) is 8.95. The van der Waals surface area contributed by atoms with Gasteiger partial charge in [0.05, 0.1) is 59.5 Å². The van der Waals surface area contributed by atoms with Crippen LogP contribution in [-0.2, 0) is 25.7 Å². The molecular formula is C48H53F2N9O6. The van der Waals surface area contributed by atoms with E-state index in [0.717, 1.165) is 55.4 Å². The Bertz CT molecular complexity index is 2550. The monoisotopic (exact) mass is 889 g/mol. The molecule has 8 rings (SSSR count). The van der Waals surface area contributed by atoms with E-state index in [1.54, 1.807) is 42.7 Å². The Balaban J connectivity index is 0.765. The number of primary amides is 1. The molecule has 5 aromatic rings. The highest BCUT2D eigenvalue weighted by Crippen LogP contribution is 2.33. The molecule has 3 aliphatic heterocycles. The molecule has 1 atom stereocenters. The summed E-state index contributed by atoms with van der Waals surface area (Å²) in [5, 5.41) is 7.95. The molecule has 15 nitrogen and oxygen atoms in total. The topological polar surface area (TPSA) is 186 Å². The van der Waals surface area contributed by atoms with Gasteiger partial charge in [0.1, 0.15) is 24.0 Å². The zero-order chi connectivity index (χ0) is 45.5. The number of aldehydes is 1. The number of carbonyl (C=O) groups is 5. The van der Waals surface area contributed by atoms with Gasteiger partial charge in [0.2, 0.25) is 11.8 Å². The highest BCUT2D eigenvalue weighted by Gasteiger charge is 2.42. The average Bonchev–Trinajstić information content (AvgIpc) is 3.91. The SMILES string of the molecule is NC(=O)C(CCC=O)N1C(=O)c2ccc(NCCCCCCCC(=O)N3CCC(n4cc(-c5cnc6cccc(-c7cc(F)c(CN8CCOCC8)c(F)c7)c6n5)cn4)CC3)cc2C1=O. The number of halogens is 2. The molecule has 3 aliphatic rings. The molecule has 3 N–H and O–H groups in total. The van der Waals surface area contributed by atoms with Crippen LogP contribution in [0.25, 0.3) is 33.4 Å². The number of fused-ring (bicyclic) bond motifs is 2. The van der Waals surface area contributed by atoms with E-state index < -0.39 is 35.4 Å². The lowest BCUT2D eigenvalue weighted by molar-refractivity contribution is -0.132. The summed E-state index contributed by atoms with van der Waals surface area (Å²) in [7, 11) is 0. The Morgan fingerprint density at radius 3 is 2.37 bits per heavy atom. The number of ether oxygens (including phenoxy) is 1. The molecule has 4 amide bonds. The molecular weight excluding hydrogens is 837 g/mol. The first-order valence-electron chi connectivity index (χ1n) is 22.4. The minimum atomic E-state index is -1.18. The van der Waals surface area contributed by atoms with Gasteiger partial charge < -0.3 is 25.5 Å². The Kier molecular flexibility index (Phi) is 14.3. The minimum Gasteiger partial charge on any atom is -0.385 e. The fourth-order valence-electron chi connectivity index (χ4n) is 8.95. The van der Waals surface area contributed by atoms with E-state index in [4.69, 9.17) is 15.5 Å². The van der Waals surface area contributed by atoms with Crippen molar-refractivity contribution >= 4 is 46.6 Å². The van der Waals surface area contributed by atoms with Crippen LogP contribution in [0.2, 0.25) is 0 Å². The Morgan fingerprint density at radius 1 is 0.877 bits per heavy atom. The van der Waals surface area contributed by atoms with Crippen molar-refractivity contribution in [2.75, 3.05) is 51.3 Å². The van der Waals surface area contributed by atoms with Gasteiger partial charge in [0.15, 0.2) is 0 Å². The zero-order valence-electron chi connectivity index (χ0n) is 36.2. The van der Waals surface area contributed by atoms with Crippen molar-refractivity contribution in [3.8, 4) is 22.4 Å². The van der Waals surface area contributed by atoms with Gasteiger partial charge in [-0.25, -0.2) is 13.8 Å². The number of likely N-dealkylation sites (tertiary alicyclic amines) is 1. The highest BCUT2D eigenvalue weighted by atomic mass is 19.1. The van der Waals surface area contributed by atoms with E-state index in [1.807, 2.05) is 26.7 Å². The summed E-state index contributed by atoms with van der Waals surface area (Å²) < 4.78 is 38.1. The zero-order valence-corrected chi connectivity index (χ0v) is 36.2. The molecule has 0 bridgehead atoms. The van der Waals surface area contributed by atoms with Crippen LogP contribution >= 0.6 is 0 Å². The molecule has 0 spiro atoms. The Hall–Kier alpha value is -6.46. The van der Waals surface area contributed by atoms with Gasteiger partial charge in [-0.2, -0.15) is 5.10 Å². The maximum atomic E-state index is 15.4. The van der Waals surface area contributed by atoms with E-state index in [9.17, 15) is 24.0 Å². The van der Waals surface area contributed by atoms with Gasteiger partial charge in [-0.05, 0) is 74.1 Å². The molecule has 0 saturated carbocycles. The van der Waals surface area contributed by atoms with Crippen molar-refractivity contribution in [1.82, 2.24) is 34.4 Å². The molecule has 0 radical (unpaired) electrons. The fraction of sp³-hybridized carbons (Fsp3) is 0.417. The predicted molar refractivity (Wildman–Crippen MR) is 238 cm³/mol. The van der Waals surface area contributed by atoms with Crippen molar-refractivity contribution in [2.45, 2.75) is 82.8 Å². The molecule has 2 saturated heterocycles. The number of imide groups is 1. The summed E-state index contributed by atoms with van der Waals surface area (Å²) in [4.78, 5) is 76.2. The third-order valence-corrected chi connectivity index (χ3v) is 12.6. The molecule has 2 aromatic heterocycles. The van der Waals surface area contributed by atoms with E-state index in [-0.39, 0.29) is 48.0 Å². The summed E-state index contributed by atoms with van der Waals surface area (Å²) in [5.74, 6) is -3.06. The van der Waals surface area contributed by atoms with Gasteiger partial charge >= 0.3 is 0 Å². The number of hydrogen-bond acceptors (Lipinski definition) is 11. The van der Waals surface area contributed by atoms with Crippen molar-refractivity contribution in [3.05, 3.63) is 95.4 Å². The lowest BCUT2D eigenvalue weighted by Gasteiger charge is -2.32. The van der Waals surface area contributed by atoms with Gasteiger partial charge in [0.25, 0.3) is 11.8 Å². The number of nitrogens with two attached hydrogens (primary N) is 1. The summed E-state index contributed by atoms with van der Waals surface area (Å²) in [6.07, 6.45) is 12.6. The van der Waals surface area contributed by atoms with Crippen molar-refractivity contribution in [2.24, 2.45) is 5.73 Å². The number of unbranched alkanes of at least 4 members (excludes halogenated alkanes) is 4. The van der Waals surface area contributed by atoms with Crippen LogP contribution in [0.15, 0.2) is 67.1 Å². The van der Waals surface area contributed by atoms with Crippen LogP contribution in [0.3, 0.4) is 0 Å². The minimum absolute atomic E-state index is 0.000645. The standard InChI is InChI=1S/C48H53F2N9O6/c49-39-24-31(25-40(50)38(39)30-56-19-22-65-23-20-56)35-8-6-9-41-45(35)55-42(28-53-41)32-27-54-58(29-32)34-14-17-57(18-15-34)44(61)11-4-2-1-3-5-16-52-33-12-13-36-37(26-33)48(64)59(47(36)63)43(46(51)62)10-7-21-60/h6,8-9,12-13,21,24-29,34,43,52H,1-5,7,10-11,14-20,22-23,30H2,(H2,51,62). The number of hydrogen-bond donors (Lipinski definition) is 2. The third kappa shape index (κ3) is 10.3. The molecule has 2 fully saturated rings. The summed E-state index contributed by atoms with van der Waals surface area (Å²) in [6.45, 7) is 4.47. The van der Waals surface area contributed by atoms with Crippen LogP contribution in [0.5, 0.6) is 0 Å². The number of rotatable bonds is 19. The quantitative estimate of drug-likeness (QED) is 0.0538. The normalized spacial score (nSPS) is 16.3. The second-order valence-corrected chi connectivity index (χ2v) is 16.9. The van der Waals surface area contributed by atoms with E-state index >= 15 is 8.78 Å². The molecule has 5 heterocycles. The largest absolute Gasteiger partial charge is 0.385 e. The first-order valence-corrected chi connectivity index (χ1v) is 22.4. The highest BCUT2D eigenvalue weighted by molar-refractivity contribution is 6.23. The molecule has 3 aromatic carbocycles. The number of para-hydroxylation sites is 1. The van der Waals surface area contributed by atoms with E-state index in [2.05, 4.69) is 15.4 Å².